The van der Waals surface area contributed by atoms with Crippen molar-refractivity contribution in [3.8, 4) is 0 Å². The topological polar surface area (TPSA) is 78.5 Å². The summed E-state index contributed by atoms with van der Waals surface area (Å²) in [5, 5.41) is 5.61. The van der Waals surface area contributed by atoms with Gasteiger partial charge >= 0.3 is 0 Å². The third kappa shape index (κ3) is 4.97. The number of carbonyl (C=O) groups is 3. The monoisotopic (exact) mass is 379 g/mol. The third-order valence-electron chi connectivity index (χ3n) is 4.96. The molecular weight excluding hydrogens is 354 g/mol. The lowest BCUT2D eigenvalue weighted by Crippen LogP contribution is -2.47. The molecule has 1 saturated heterocycles. The zero-order valence-electron chi connectivity index (χ0n) is 16.2. The van der Waals surface area contributed by atoms with Crippen LogP contribution >= 0.6 is 0 Å². The van der Waals surface area contributed by atoms with E-state index >= 15 is 0 Å². The van der Waals surface area contributed by atoms with Crippen molar-refractivity contribution in [1.29, 1.82) is 0 Å². The van der Waals surface area contributed by atoms with Crippen LogP contribution in [0.1, 0.15) is 34.3 Å². The minimum Gasteiger partial charge on any atom is -0.360 e. The number of carbonyl (C=O) groups excluding carboxylic acids is 3. The predicted octanol–water partition coefficient (Wildman–Crippen LogP) is 2.84. The van der Waals surface area contributed by atoms with E-state index in [2.05, 4.69) is 10.6 Å². The van der Waals surface area contributed by atoms with Gasteiger partial charge in [0.1, 0.15) is 0 Å². The molecule has 2 amide bonds. The Kier molecular flexibility index (Phi) is 6.09. The van der Waals surface area contributed by atoms with Crippen LogP contribution in [0.3, 0.4) is 0 Å². The number of nitrogens with one attached hydrogen (secondary N) is 2. The van der Waals surface area contributed by atoms with Crippen LogP contribution in [0.5, 0.6) is 0 Å². The summed E-state index contributed by atoms with van der Waals surface area (Å²) in [6.45, 7) is 5.71. The van der Waals surface area contributed by atoms with Gasteiger partial charge in [-0.05, 0) is 55.3 Å². The second-order valence-corrected chi connectivity index (χ2v) is 7.09. The summed E-state index contributed by atoms with van der Waals surface area (Å²) in [7, 11) is 0. The van der Waals surface area contributed by atoms with Gasteiger partial charge in [0.15, 0.2) is 5.78 Å². The van der Waals surface area contributed by atoms with Gasteiger partial charge in [-0.25, -0.2) is 0 Å². The summed E-state index contributed by atoms with van der Waals surface area (Å²) in [6, 6.07) is 13.0. The normalized spacial score (nSPS) is 13.8. The minimum absolute atomic E-state index is 0.0112. The van der Waals surface area contributed by atoms with Crippen LogP contribution in [-0.4, -0.2) is 37.2 Å². The summed E-state index contributed by atoms with van der Waals surface area (Å²) < 4.78 is 0. The molecule has 3 rings (SSSR count). The number of hydrogen-bond donors (Lipinski definition) is 2. The lowest BCUT2D eigenvalue weighted by molar-refractivity contribution is -0.120. The van der Waals surface area contributed by atoms with Gasteiger partial charge in [0, 0.05) is 42.9 Å². The maximum absolute atomic E-state index is 12.3. The lowest BCUT2D eigenvalue weighted by Gasteiger charge is -2.28. The van der Waals surface area contributed by atoms with Gasteiger partial charge in [-0.2, -0.15) is 0 Å². The fourth-order valence-corrected chi connectivity index (χ4v) is 3.12. The quantitative estimate of drug-likeness (QED) is 0.757. The summed E-state index contributed by atoms with van der Waals surface area (Å²) in [5.74, 6) is -0.212. The zero-order chi connectivity index (χ0) is 20.1. The molecule has 0 bridgehead atoms. The first kappa shape index (κ1) is 19.6. The molecule has 0 aromatic heterocycles. The Morgan fingerprint density at radius 1 is 1.04 bits per heavy atom. The Balaban J connectivity index is 1.51. The van der Waals surface area contributed by atoms with Crippen LogP contribution in [0.25, 0.3) is 0 Å². The van der Waals surface area contributed by atoms with E-state index in [-0.39, 0.29) is 30.4 Å². The first-order valence-electron chi connectivity index (χ1n) is 9.44. The van der Waals surface area contributed by atoms with Crippen molar-refractivity contribution in [2.45, 2.75) is 26.7 Å². The molecule has 2 aromatic carbocycles. The number of aryl methyl sites for hydroxylation is 2. The fraction of sp³-hybridized carbons (Fsp3) is 0.318. The average Bonchev–Trinajstić information content (AvgIpc) is 2.69. The molecule has 0 atom stereocenters. The van der Waals surface area contributed by atoms with Gasteiger partial charge in [0.2, 0.25) is 11.8 Å². The minimum atomic E-state index is -0.192. The Morgan fingerprint density at radius 2 is 1.79 bits per heavy atom. The molecule has 6 nitrogen and oxygen atoms in total. The summed E-state index contributed by atoms with van der Waals surface area (Å²) >= 11 is 0. The number of benzene rings is 2. The van der Waals surface area contributed by atoms with E-state index in [9.17, 15) is 14.4 Å². The average molecular weight is 379 g/mol. The summed E-state index contributed by atoms with van der Waals surface area (Å²) in [5.41, 5.74) is 4.47. The van der Waals surface area contributed by atoms with Crippen LogP contribution in [-0.2, 0) is 9.59 Å². The molecule has 1 aliphatic rings. The molecule has 28 heavy (non-hydrogen) atoms. The number of ketones is 1. The number of hydrogen-bond acceptors (Lipinski definition) is 4. The Labute approximate surface area is 164 Å². The molecule has 1 fully saturated rings. The summed E-state index contributed by atoms with van der Waals surface area (Å²) in [4.78, 5) is 37.9. The highest BCUT2D eigenvalue weighted by atomic mass is 16.2. The number of nitrogens with zero attached hydrogens (tertiary/aromatic N) is 1. The van der Waals surface area contributed by atoms with E-state index in [0.717, 1.165) is 23.4 Å². The second kappa shape index (κ2) is 8.69. The first-order valence-corrected chi connectivity index (χ1v) is 9.44. The molecule has 0 unspecified atom stereocenters. The van der Waals surface area contributed by atoms with E-state index in [1.165, 1.54) is 0 Å². The van der Waals surface area contributed by atoms with Crippen molar-refractivity contribution in [3.63, 3.8) is 0 Å². The molecule has 0 saturated carbocycles. The number of amides is 2. The molecule has 2 aromatic rings. The Hall–Kier alpha value is -3.15. The molecule has 0 aliphatic carbocycles. The van der Waals surface area contributed by atoms with Gasteiger partial charge in [-0.15, -0.1) is 0 Å². The molecule has 0 spiro atoms. The van der Waals surface area contributed by atoms with Gasteiger partial charge in [-0.1, -0.05) is 12.1 Å². The number of Topliss-reactive ketones (excluding diaryl/α,β-unsaturated/α-hetero) is 1. The number of piperazine rings is 1. The van der Waals surface area contributed by atoms with E-state index in [0.29, 0.717) is 24.3 Å². The van der Waals surface area contributed by atoms with Crippen molar-refractivity contribution in [2.24, 2.45) is 0 Å². The Morgan fingerprint density at radius 3 is 2.46 bits per heavy atom. The first-order chi connectivity index (χ1) is 13.4. The second-order valence-electron chi connectivity index (χ2n) is 7.09. The number of rotatable bonds is 6. The Bertz CT molecular complexity index is 890. The van der Waals surface area contributed by atoms with Crippen molar-refractivity contribution < 1.29 is 14.4 Å². The highest BCUT2D eigenvalue weighted by Gasteiger charge is 2.16. The van der Waals surface area contributed by atoms with Gasteiger partial charge in [0.05, 0.1) is 6.54 Å². The van der Waals surface area contributed by atoms with Gasteiger partial charge < -0.3 is 15.5 Å². The molecule has 6 heteroatoms. The molecular formula is C22H25N3O3. The van der Waals surface area contributed by atoms with Gasteiger partial charge in [0.25, 0.3) is 0 Å². The van der Waals surface area contributed by atoms with Crippen LogP contribution < -0.4 is 15.5 Å². The molecule has 2 N–H and O–H groups in total. The van der Waals surface area contributed by atoms with Gasteiger partial charge in [-0.3, -0.25) is 14.4 Å². The van der Waals surface area contributed by atoms with Crippen molar-refractivity contribution in [2.75, 3.05) is 29.9 Å². The summed E-state index contributed by atoms with van der Waals surface area (Å²) in [6.07, 6.45) is 0.315. The van der Waals surface area contributed by atoms with Crippen LogP contribution in [0.4, 0.5) is 11.4 Å². The zero-order valence-corrected chi connectivity index (χ0v) is 16.2. The van der Waals surface area contributed by atoms with E-state index in [4.69, 9.17) is 0 Å². The lowest BCUT2D eigenvalue weighted by atomic mass is 10.0. The third-order valence-corrected chi connectivity index (χ3v) is 4.96. The molecule has 1 heterocycles. The van der Waals surface area contributed by atoms with Crippen molar-refractivity contribution in [1.82, 2.24) is 5.32 Å². The smallest absolute Gasteiger partial charge is 0.239 e. The fourth-order valence-electron chi connectivity index (χ4n) is 3.12. The van der Waals surface area contributed by atoms with E-state index < -0.39 is 0 Å². The van der Waals surface area contributed by atoms with Crippen LogP contribution in [0.2, 0.25) is 0 Å². The van der Waals surface area contributed by atoms with Crippen LogP contribution in [0, 0.1) is 13.8 Å². The number of anilines is 2. The maximum Gasteiger partial charge on any atom is 0.239 e. The standard InChI is InChI=1S/C22H25N3O3/c1-15-3-4-17(13-16(15)2)20(26)9-10-21(27)24-18-5-7-19(8-6-18)25-12-11-23-22(28)14-25/h3-8,13H,9-12,14H2,1-2H3,(H,23,28)(H,24,27). The highest BCUT2D eigenvalue weighted by Crippen LogP contribution is 2.19. The van der Waals surface area contributed by atoms with Crippen molar-refractivity contribution in [3.05, 3.63) is 59.2 Å². The highest BCUT2D eigenvalue weighted by molar-refractivity contribution is 6.00. The molecule has 1 aliphatic heterocycles. The SMILES string of the molecule is Cc1ccc(C(=O)CCC(=O)Nc2ccc(N3CCNC(=O)C3)cc2)cc1C. The molecule has 146 valence electrons. The van der Waals surface area contributed by atoms with Crippen molar-refractivity contribution >= 4 is 29.0 Å². The largest absolute Gasteiger partial charge is 0.360 e. The molecule has 0 radical (unpaired) electrons. The van der Waals surface area contributed by atoms with E-state index in [1.54, 1.807) is 0 Å². The van der Waals surface area contributed by atoms with Crippen LogP contribution in [0.15, 0.2) is 42.5 Å². The van der Waals surface area contributed by atoms with E-state index in [1.807, 2.05) is 61.2 Å². The predicted molar refractivity (Wildman–Crippen MR) is 110 cm³/mol. The maximum atomic E-state index is 12.3.